The second kappa shape index (κ2) is 8.61. The zero-order valence-electron chi connectivity index (χ0n) is 11.2. The highest BCUT2D eigenvalue weighted by Crippen LogP contribution is 2.15. The number of benzene rings is 2. The van der Waals surface area contributed by atoms with Crippen molar-refractivity contribution in [3.63, 3.8) is 0 Å². The summed E-state index contributed by atoms with van der Waals surface area (Å²) in [6.07, 6.45) is 0. The third-order valence-corrected chi connectivity index (χ3v) is 3.13. The normalized spacial score (nSPS) is 10.2. The Morgan fingerprint density at radius 3 is 2.55 bits per heavy atom. The maximum absolute atomic E-state index is 5.53. The summed E-state index contributed by atoms with van der Waals surface area (Å²) in [4.78, 5) is 0. The molecule has 0 saturated carbocycles. The first-order chi connectivity index (χ1) is 9.84. The van der Waals surface area contributed by atoms with Gasteiger partial charge in [0.25, 0.3) is 0 Å². The number of rotatable bonds is 8. The molecule has 0 fully saturated rings. The van der Waals surface area contributed by atoms with Gasteiger partial charge >= 0.3 is 0 Å². The lowest BCUT2D eigenvalue weighted by Crippen LogP contribution is -2.13. The number of anilines is 1. The van der Waals surface area contributed by atoms with Crippen molar-refractivity contribution in [3.05, 3.63) is 59.1 Å². The molecule has 106 valence electrons. The number of halogens is 1. The van der Waals surface area contributed by atoms with E-state index in [0.717, 1.165) is 22.5 Å². The van der Waals surface area contributed by atoms with Gasteiger partial charge in [0.1, 0.15) is 12.4 Å². The van der Waals surface area contributed by atoms with Crippen molar-refractivity contribution in [1.82, 2.24) is 0 Å². The predicted octanol–water partition coefficient (Wildman–Crippen LogP) is 3.96. The molecule has 0 aliphatic carbocycles. The van der Waals surface area contributed by atoms with Crippen molar-refractivity contribution in [3.8, 4) is 5.75 Å². The smallest absolute Gasteiger partial charge is 0.119 e. The van der Waals surface area contributed by atoms with E-state index in [9.17, 15) is 0 Å². The van der Waals surface area contributed by atoms with Crippen LogP contribution in [0.4, 0.5) is 5.69 Å². The van der Waals surface area contributed by atoms with Gasteiger partial charge in [-0.25, -0.2) is 0 Å². The first-order valence-electron chi connectivity index (χ1n) is 6.59. The summed E-state index contributed by atoms with van der Waals surface area (Å²) in [6.45, 7) is 2.60. The molecule has 0 amide bonds. The fourth-order valence-corrected chi connectivity index (χ4v) is 2.10. The van der Waals surface area contributed by atoms with Crippen molar-refractivity contribution >= 4 is 21.6 Å². The molecule has 2 rings (SSSR count). The molecule has 0 aliphatic rings. The lowest BCUT2D eigenvalue weighted by Gasteiger charge is -2.09. The molecule has 0 heterocycles. The molecule has 0 radical (unpaired) electrons. The quantitative estimate of drug-likeness (QED) is 0.741. The van der Waals surface area contributed by atoms with Gasteiger partial charge in [-0.1, -0.05) is 40.2 Å². The summed E-state index contributed by atoms with van der Waals surface area (Å²) in [5, 5.41) is 3.30. The molecule has 0 aromatic heterocycles. The molecule has 1 N–H and O–H groups in total. The first-order valence-corrected chi connectivity index (χ1v) is 7.39. The van der Waals surface area contributed by atoms with Gasteiger partial charge in [0.15, 0.2) is 0 Å². The van der Waals surface area contributed by atoms with Gasteiger partial charge in [-0.15, -0.1) is 0 Å². The topological polar surface area (TPSA) is 30.5 Å². The average Bonchev–Trinajstić information content (AvgIpc) is 2.47. The Hall–Kier alpha value is -1.52. The zero-order valence-corrected chi connectivity index (χ0v) is 12.8. The monoisotopic (exact) mass is 335 g/mol. The molecule has 0 bridgehead atoms. The van der Waals surface area contributed by atoms with Gasteiger partial charge in [-0.3, -0.25) is 0 Å². The second-order valence-corrected chi connectivity index (χ2v) is 5.13. The summed E-state index contributed by atoms with van der Waals surface area (Å²) in [6, 6.07) is 17.8. The van der Waals surface area contributed by atoms with E-state index in [1.165, 1.54) is 0 Å². The van der Waals surface area contributed by atoms with Gasteiger partial charge in [0, 0.05) is 16.7 Å². The molecule has 0 aliphatic heterocycles. The fraction of sp³-hybridized carbons (Fsp3) is 0.250. The number of hydrogen-bond acceptors (Lipinski definition) is 3. The lowest BCUT2D eigenvalue weighted by atomic mass is 10.3. The molecule has 0 spiro atoms. The number of hydrogen-bond donors (Lipinski definition) is 1. The zero-order chi connectivity index (χ0) is 14.0. The number of nitrogens with one attached hydrogen (secondary N) is 1. The largest absolute Gasteiger partial charge is 0.491 e. The van der Waals surface area contributed by atoms with Crippen molar-refractivity contribution in [1.29, 1.82) is 0 Å². The second-order valence-electron chi connectivity index (χ2n) is 4.21. The van der Waals surface area contributed by atoms with Crippen molar-refractivity contribution < 1.29 is 9.47 Å². The van der Waals surface area contributed by atoms with E-state index in [0.29, 0.717) is 19.8 Å². The molecule has 0 atom stereocenters. The van der Waals surface area contributed by atoms with Crippen LogP contribution in [-0.2, 0) is 4.74 Å². The molecule has 0 unspecified atom stereocenters. The van der Waals surface area contributed by atoms with E-state index < -0.39 is 0 Å². The molecular weight excluding hydrogens is 318 g/mol. The van der Waals surface area contributed by atoms with Gasteiger partial charge in [-0.2, -0.15) is 0 Å². The van der Waals surface area contributed by atoms with Crippen LogP contribution >= 0.6 is 15.9 Å². The minimum atomic E-state index is 0.570. The SMILES string of the molecule is Brc1cccc(NCCOCCOc2ccccc2)c1. The molecule has 0 saturated heterocycles. The van der Waals surface area contributed by atoms with Crippen LogP contribution in [0.15, 0.2) is 59.1 Å². The van der Waals surface area contributed by atoms with Crippen molar-refractivity contribution in [2.24, 2.45) is 0 Å². The number of ether oxygens (including phenoxy) is 2. The molecule has 2 aromatic rings. The van der Waals surface area contributed by atoms with Gasteiger partial charge in [-0.05, 0) is 30.3 Å². The maximum atomic E-state index is 5.53. The summed E-state index contributed by atoms with van der Waals surface area (Å²) < 4.78 is 12.1. The van der Waals surface area contributed by atoms with Crippen LogP contribution in [0.3, 0.4) is 0 Å². The average molecular weight is 336 g/mol. The molecule has 4 heteroatoms. The Balaban J connectivity index is 1.52. The van der Waals surface area contributed by atoms with Gasteiger partial charge in [0.2, 0.25) is 0 Å². The van der Waals surface area contributed by atoms with E-state index in [1.807, 2.05) is 54.6 Å². The first kappa shape index (κ1) is 14.9. The van der Waals surface area contributed by atoms with Crippen molar-refractivity contribution in [2.75, 3.05) is 31.7 Å². The van der Waals surface area contributed by atoms with Crippen LogP contribution in [0.5, 0.6) is 5.75 Å². The Labute approximate surface area is 128 Å². The fourth-order valence-electron chi connectivity index (χ4n) is 1.70. The third-order valence-electron chi connectivity index (χ3n) is 2.64. The van der Waals surface area contributed by atoms with Gasteiger partial charge in [0.05, 0.1) is 13.2 Å². The lowest BCUT2D eigenvalue weighted by molar-refractivity contribution is 0.107. The van der Waals surface area contributed by atoms with E-state index >= 15 is 0 Å². The Kier molecular flexibility index (Phi) is 6.41. The number of para-hydroxylation sites is 1. The summed E-state index contributed by atoms with van der Waals surface area (Å²) in [7, 11) is 0. The maximum Gasteiger partial charge on any atom is 0.119 e. The summed E-state index contributed by atoms with van der Waals surface area (Å²) in [5.41, 5.74) is 1.09. The highest BCUT2D eigenvalue weighted by Gasteiger charge is 1.94. The Bertz CT molecular complexity index is 505. The van der Waals surface area contributed by atoms with E-state index in [1.54, 1.807) is 0 Å². The minimum absolute atomic E-state index is 0.570. The molecule has 3 nitrogen and oxygen atoms in total. The Morgan fingerprint density at radius 1 is 0.900 bits per heavy atom. The van der Waals surface area contributed by atoms with E-state index in [2.05, 4.69) is 21.2 Å². The standard InChI is InChI=1S/C16H18BrNO2/c17-14-5-4-6-15(13-14)18-9-10-19-11-12-20-16-7-2-1-3-8-16/h1-8,13,18H,9-12H2. The highest BCUT2D eigenvalue weighted by atomic mass is 79.9. The van der Waals surface area contributed by atoms with E-state index in [-0.39, 0.29) is 0 Å². The van der Waals surface area contributed by atoms with Crippen LogP contribution in [-0.4, -0.2) is 26.4 Å². The molecule has 20 heavy (non-hydrogen) atoms. The molecular formula is C16H18BrNO2. The highest BCUT2D eigenvalue weighted by molar-refractivity contribution is 9.10. The van der Waals surface area contributed by atoms with Crippen molar-refractivity contribution in [2.45, 2.75) is 0 Å². The minimum Gasteiger partial charge on any atom is -0.491 e. The molecule has 2 aromatic carbocycles. The van der Waals surface area contributed by atoms with Crippen LogP contribution in [0.2, 0.25) is 0 Å². The summed E-state index contributed by atoms with van der Waals surface area (Å²) in [5.74, 6) is 0.878. The van der Waals surface area contributed by atoms with Crippen LogP contribution in [0, 0.1) is 0 Å². The van der Waals surface area contributed by atoms with E-state index in [4.69, 9.17) is 9.47 Å². The summed E-state index contributed by atoms with van der Waals surface area (Å²) >= 11 is 3.44. The Morgan fingerprint density at radius 2 is 1.75 bits per heavy atom. The third kappa shape index (κ3) is 5.63. The predicted molar refractivity (Wildman–Crippen MR) is 85.4 cm³/mol. The van der Waals surface area contributed by atoms with Crippen LogP contribution in [0.25, 0.3) is 0 Å². The van der Waals surface area contributed by atoms with Gasteiger partial charge < -0.3 is 14.8 Å². The van der Waals surface area contributed by atoms with Crippen LogP contribution < -0.4 is 10.1 Å². The van der Waals surface area contributed by atoms with Crippen LogP contribution in [0.1, 0.15) is 0 Å².